The topological polar surface area (TPSA) is 47.8 Å². The smallest absolute Gasteiger partial charge is 0.170 e. The number of aryl methyl sites for hydroxylation is 1. The summed E-state index contributed by atoms with van der Waals surface area (Å²) in [7, 11) is 0. The van der Waals surface area contributed by atoms with Gasteiger partial charge in [0.1, 0.15) is 23.8 Å². The number of aromatic nitrogens is 3. The largest absolute Gasteiger partial charge is 0.294 e. The molecule has 2 aromatic rings. The Balaban J connectivity index is 2.18. The van der Waals surface area contributed by atoms with Gasteiger partial charge in [0.05, 0.1) is 6.42 Å². The fourth-order valence-corrected chi connectivity index (χ4v) is 1.78. The SMILES string of the molecule is CCCn1ncnc1CC(=O)c1cc(F)cc(F)c1. The summed E-state index contributed by atoms with van der Waals surface area (Å²) < 4.78 is 27.7. The summed E-state index contributed by atoms with van der Waals surface area (Å²) in [5.41, 5.74) is 0.00329. The van der Waals surface area contributed by atoms with Gasteiger partial charge in [0.2, 0.25) is 0 Å². The molecule has 0 fully saturated rings. The van der Waals surface area contributed by atoms with Crippen LogP contribution in [0.4, 0.5) is 8.78 Å². The molecule has 4 nitrogen and oxygen atoms in total. The van der Waals surface area contributed by atoms with Crippen molar-refractivity contribution in [2.45, 2.75) is 26.3 Å². The van der Waals surface area contributed by atoms with Crippen LogP contribution >= 0.6 is 0 Å². The second-order valence-electron chi connectivity index (χ2n) is 4.16. The molecule has 0 spiro atoms. The van der Waals surface area contributed by atoms with E-state index in [1.807, 2.05) is 6.92 Å². The van der Waals surface area contributed by atoms with Crippen LogP contribution in [0.2, 0.25) is 0 Å². The van der Waals surface area contributed by atoms with E-state index in [2.05, 4.69) is 10.1 Å². The third-order valence-corrected chi connectivity index (χ3v) is 2.63. The van der Waals surface area contributed by atoms with Crippen molar-refractivity contribution in [3.8, 4) is 0 Å². The molecule has 0 aliphatic heterocycles. The summed E-state index contributed by atoms with van der Waals surface area (Å²) in [6.45, 7) is 2.63. The minimum atomic E-state index is -0.765. The number of rotatable bonds is 5. The number of benzene rings is 1. The van der Waals surface area contributed by atoms with Gasteiger partial charge in [-0.15, -0.1) is 0 Å². The predicted molar refractivity (Wildman–Crippen MR) is 64.7 cm³/mol. The van der Waals surface area contributed by atoms with Crippen molar-refractivity contribution in [3.63, 3.8) is 0 Å². The molecule has 0 bridgehead atoms. The average molecular weight is 265 g/mol. The van der Waals surface area contributed by atoms with Crippen LogP contribution in [0.25, 0.3) is 0 Å². The van der Waals surface area contributed by atoms with E-state index in [1.165, 1.54) is 6.33 Å². The molecular formula is C13H13F2N3O. The van der Waals surface area contributed by atoms with Gasteiger partial charge in [-0.25, -0.2) is 18.4 Å². The summed E-state index contributed by atoms with van der Waals surface area (Å²) in [6, 6.07) is 2.77. The molecule has 0 aliphatic carbocycles. The number of Topliss-reactive ketones (excluding diaryl/α,β-unsaturated/α-hetero) is 1. The summed E-state index contributed by atoms with van der Waals surface area (Å²) >= 11 is 0. The Hall–Kier alpha value is -2.11. The minimum Gasteiger partial charge on any atom is -0.294 e. The molecule has 1 aromatic heterocycles. The van der Waals surface area contributed by atoms with Crippen LogP contribution in [-0.4, -0.2) is 20.5 Å². The normalized spacial score (nSPS) is 10.7. The van der Waals surface area contributed by atoms with Crippen LogP contribution in [0.1, 0.15) is 29.5 Å². The number of hydrogen-bond donors (Lipinski definition) is 0. The van der Waals surface area contributed by atoms with E-state index in [-0.39, 0.29) is 17.8 Å². The van der Waals surface area contributed by atoms with Gasteiger partial charge < -0.3 is 0 Å². The molecule has 0 radical (unpaired) electrons. The molecule has 19 heavy (non-hydrogen) atoms. The van der Waals surface area contributed by atoms with Crippen molar-refractivity contribution in [1.82, 2.24) is 14.8 Å². The average Bonchev–Trinajstić information content (AvgIpc) is 2.76. The van der Waals surface area contributed by atoms with Crippen molar-refractivity contribution in [1.29, 1.82) is 0 Å². The van der Waals surface area contributed by atoms with E-state index in [4.69, 9.17) is 0 Å². The van der Waals surface area contributed by atoms with Gasteiger partial charge in [-0.05, 0) is 18.6 Å². The summed E-state index contributed by atoms with van der Waals surface area (Å²) in [6.07, 6.45) is 2.20. The van der Waals surface area contributed by atoms with Crippen molar-refractivity contribution in [3.05, 3.63) is 47.5 Å². The molecule has 0 saturated carbocycles. The Morgan fingerprint density at radius 1 is 1.26 bits per heavy atom. The maximum Gasteiger partial charge on any atom is 0.170 e. The summed E-state index contributed by atoms with van der Waals surface area (Å²) in [4.78, 5) is 15.9. The number of hydrogen-bond acceptors (Lipinski definition) is 3. The standard InChI is InChI=1S/C13H13F2N3O/c1-2-3-18-13(16-8-17-18)7-12(19)9-4-10(14)6-11(15)5-9/h4-6,8H,2-3,7H2,1H3. The lowest BCUT2D eigenvalue weighted by Gasteiger charge is -2.04. The molecule has 6 heteroatoms. The third kappa shape index (κ3) is 3.21. The van der Waals surface area contributed by atoms with Crippen LogP contribution in [0.15, 0.2) is 24.5 Å². The molecule has 0 saturated heterocycles. The molecule has 1 heterocycles. The Morgan fingerprint density at radius 2 is 1.95 bits per heavy atom. The predicted octanol–water partition coefficient (Wildman–Crippen LogP) is 2.39. The lowest BCUT2D eigenvalue weighted by atomic mass is 10.1. The first-order valence-corrected chi connectivity index (χ1v) is 5.96. The Kier molecular flexibility index (Phi) is 3.99. The van der Waals surface area contributed by atoms with Crippen LogP contribution in [0.3, 0.4) is 0 Å². The molecule has 0 N–H and O–H groups in total. The molecule has 2 rings (SSSR count). The molecule has 0 aliphatic rings. The Bertz CT molecular complexity index is 575. The van der Waals surface area contributed by atoms with Crippen molar-refractivity contribution >= 4 is 5.78 Å². The molecular weight excluding hydrogens is 252 g/mol. The van der Waals surface area contributed by atoms with Crippen LogP contribution in [-0.2, 0) is 13.0 Å². The van der Waals surface area contributed by atoms with Crippen LogP contribution in [0, 0.1) is 11.6 Å². The lowest BCUT2D eigenvalue weighted by molar-refractivity contribution is 0.0988. The van der Waals surface area contributed by atoms with Crippen molar-refractivity contribution < 1.29 is 13.6 Å². The van der Waals surface area contributed by atoms with E-state index in [0.29, 0.717) is 12.4 Å². The zero-order valence-electron chi connectivity index (χ0n) is 10.4. The second-order valence-corrected chi connectivity index (χ2v) is 4.16. The van der Waals surface area contributed by atoms with E-state index in [0.717, 1.165) is 24.6 Å². The third-order valence-electron chi connectivity index (χ3n) is 2.63. The van der Waals surface area contributed by atoms with E-state index in [9.17, 15) is 13.6 Å². The number of nitrogens with zero attached hydrogens (tertiary/aromatic N) is 3. The van der Waals surface area contributed by atoms with Crippen molar-refractivity contribution in [2.24, 2.45) is 0 Å². The van der Waals surface area contributed by atoms with Gasteiger partial charge in [-0.1, -0.05) is 6.92 Å². The molecule has 0 unspecified atom stereocenters. The summed E-state index contributed by atoms with van der Waals surface area (Å²) in [5.74, 6) is -1.42. The fourth-order valence-electron chi connectivity index (χ4n) is 1.78. The number of halogens is 2. The summed E-state index contributed by atoms with van der Waals surface area (Å²) in [5, 5.41) is 3.99. The number of carbonyl (C=O) groups is 1. The van der Waals surface area contributed by atoms with E-state index < -0.39 is 11.6 Å². The first-order chi connectivity index (χ1) is 9.10. The lowest BCUT2D eigenvalue weighted by Crippen LogP contribution is -2.12. The quantitative estimate of drug-likeness (QED) is 0.780. The van der Waals surface area contributed by atoms with Gasteiger partial charge in [0.15, 0.2) is 5.78 Å². The molecule has 0 amide bonds. The van der Waals surface area contributed by atoms with E-state index in [1.54, 1.807) is 4.68 Å². The number of ketones is 1. The highest BCUT2D eigenvalue weighted by atomic mass is 19.1. The Morgan fingerprint density at radius 3 is 2.58 bits per heavy atom. The maximum absolute atomic E-state index is 13.0. The highest BCUT2D eigenvalue weighted by molar-refractivity contribution is 5.97. The van der Waals surface area contributed by atoms with Crippen molar-refractivity contribution in [2.75, 3.05) is 0 Å². The van der Waals surface area contributed by atoms with Gasteiger partial charge in [-0.3, -0.25) is 4.79 Å². The van der Waals surface area contributed by atoms with Gasteiger partial charge in [0, 0.05) is 18.2 Å². The van der Waals surface area contributed by atoms with Gasteiger partial charge in [0.25, 0.3) is 0 Å². The second kappa shape index (κ2) is 5.69. The number of carbonyl (C=O) groups excluding carboxylic acids is 1. The van der Waals surface area contributed by atoms with Crippen LogP contribution < -0.4 is 0 Å². The zero-order chi connectivity index (χ0) is 13.8. The molecule has 0 atom stereocenters. The highest BCUT2D eigenvalue weighted by Gasteiger charge is 2.13. The zero-order valence-corrected chi connectivity index (χ0v) is 10.4. The molecule has 1 aromatic carbocycles. The molecule has 100 valence electrons. The first kappa shape index (κ1) is 13.3. The van der Waals surface area contributed by atoms with Gasteiger partial charge in [-0.2, -0.15) is 5.10 Å². The monoisotopic (exact) mass is 265 g/mol. The Labute approximate surface area is 109 Å². The van der Waals surface area contributed by atoms with Crippen LogP contribution in [0.5, 0.6) is 0 Å². The highest BCUT2D eigenvalue weighted by Crippen LogP contribution is 2.11. The first-order valence-electron chi connectivity index (χ1n) is 5.96. The van der Waals surface area contributed by atoms with E-state index >= 15 is 0 Å². The van der Waals surface area contributed by atoms with Gasteiger partial charge >= 0.3 is 0 Å². The maximum atomic E-state index is 13.0. The minimum absolute atomic E-state index is 0.00329. The fraction of sp³-hybridized carbons (Fsp3) is 0.308.